The summed E-state index contributed by atoms with van der Waals surface area (Å²) in [6, 6.07) is 10.2. The van der Waals surface area contributed by atoms with Crippen molar-refractivity contribution in [3.8, 4) is 5.75 Å². The smallest absolute Gasteiger partial charge is 0.404 e. The summed E-state index contributed by atoms with van der Waals surface area (Å²) in [7, 11) is -2.77. The van der Waals surface area contributed by atoms with Gasteiger partial charge in [0.2, 0.25) is 5.91 Å². The fraction of sp³-hybridized carbons (Fsp3) is 0.188. The molecule has 0 heterocycles. The molecule has 1 amide bonds. The Morgan fingerprint density at radius 1 is 1.08 bits per heavy atom. The van der Waals surface area contributed by atoms with Crippen molar-refractivity contribution in [3.05, 3.63) is 48.5 Å². The van der Waals surface area contributed by atoms with Crippen LogP contribution in [0.25, 0.3) is 0 Å². The van der Waals surface area contributed by atoms with Gasteiger partial charge >= 0.3 is 6.36 Å². The number of amides is 1. The maximum absolute atomic E-state index is 12.5. The number of sulfonamides is 1. The van der Waals surface area contributed by atoms with E-state index in [2.05, 4.69) is 9.46 Å². The number of alkyl halides is 3. The first-order valence-corrected chi connectivity index (χ1v) is 8.70. The van der Waals surface area contributed by atoms with E-state index in [0.717, 1.165) is 12.1 Å². The Hall–Kier alpha value is -2.75. The largest absolute Gasteiger partial charge is 0.573 e. The van der Waals surface area contributed by atoms with Gasteiger partial charge in [-0.05, 0) is 36.4 Å². The molecular formula is C16H15F3N2O4S. The number of carbonyl (C=O) groups excluding carboxylic acids is 1. The van der Waals surface area contributed by atoms with Crippen LogP contribution in [0.1, 0.15) is 6.92 Å². The molecule has 140 valence electrons. The molecule has 6 nitrogen and oxygen atoms in total. The van der Waals surface area contributed by atoms with Gasteiger partial charge in [0, 0.05) is 25.3 Å². The number of nitrogens with one attached hydrogen (secondary N) is 1. The van der Waals surface area contributed by atoms with Crippen LogP contribution in [-0.2, 0) is 14.8 Å². The highest BCUT2D eigenvalue weighted by atomic mass is 32.2. The van der Waals surface area contributed by atoms with Crippen LogP contribution in [-0.4, -0.2) is 27.7 Å². The molecule has 0 fully saturated rings. The van der Waals surface area contributed by atoms with Crippen molar-refractivity contribution in [1.29, 1.82) is 0 Å². The van der Waals surface area contributed by atoms with Gasteiger partial charge < -0.3 is 9.64 Å². The maximum Gasteiger partial charge on any atom is 0.573 e. The highest BCUT2D eigenvalue weighted by molar-refractivity contribution is 7.92. The predicted octanol–water partition coefficient (Wildman–Crippen LogP) is 3.37. The van der Waals surface area contributed by atoms with Crippen LogP contribution in [0.2, 0.25) is 0 Å². The third-order valence-electron chi connectivity index (χ3n) is 3.34. The molecule has 0 saturated heterocycles. The second kappa shape index (κ2) is 7.24. The van der Waals surface area contributed by atoms with Crippen molar-refractivity contribution in [2.24, 2.45) is 0 Å². The first-order valence-electron chi connectivity index (χ1n) is 7.21. The van der Waals surface area contributed by atoms with E-state index in [9.17, 15) is 26.4 Å². The third kappa shape index (κ3) is 4.88. The Bertz CT molecular complexity index is 896. The minimum Gasteiger partial charge on any atom is -0.404 e. The number of hydrogen-bond donors (Lipinski definition) is 1. The lowest BCUT2D eigenvalue weighted by molar-refractivity contribution is -0.275. The van der Waals surface area contributed by atoms with Gasteiger partial charge in [-0.25, -0.2) is 8.42 Å². The second-order valence-electron chi connectivity index (χ2n) is 5.22. The first kappa shape index (κ1) is 19.6. The molecule has 26 heavy (non-hydrogen) atoms. The molecule has 2 aromatic rings. The molecule has 2 aromatic carbocycles. The maximum atomic E-state index is 12.5. The Kier molecular flexibility index (Phi) is 5.45. The summed E-state index contributed by atoms with van der Waals surface area (Å²) in [4.78, 5) is 12.0. The van der Waals surface area contributed by atoms with Gasteiger partial charge in [0.1, 0.15) is 10.6 Å². The molecule has 0 aliphatic heterocycles. The van der Waals surface area contributed by atoms with E-state index in [1.165, 1.54) is 48.2 Å². The molecule has 0 saturated carbocycles. The molecule has 0 aliphatic carbocycles. The van der Waals surface area contributed by atoms with Gasteiger partial charge in [0.25, 0.3) is 10.0 Å². The van der Waals surface area contributed by atoms with Crippen LogP contribution in [0, 0.1) is 0 Å². The monoisotopic (exact) mass is 388 g/mol. The summed E-state index contributed by atoms with van der Waals surface area (Å²) >= 11 is 0. The van der Waals surface area contributed by atoms with Crippen LogP contribution in [0.4, 0.5) is 24.5 Å². The van der Waals surface area contributed by atoms with E-state index in [4.69, 9.17) is 0 Å². The van der Waals surface area contributed by atoms with E-state index >= 15 is 0 Å². The van der Waals surface area contributed by atoms with Gasteiger partial charge in [-0.1, -0.05) is 12.1 Å². The molecule has 2 rings (SSSR count). The number of carbonyl (C=O) groups is 1. The average Bonchev–Trinajstić information content (AvgIpc) is 2.53. The summed E-state index contributed by atoms with van der Waals surface area (Å²) in [6.07, 6.45) is -5.02. The number of benzene rings is 2. The van der Waals surface area contributed by atoms with Crippen molar-refractivity contribution in [3.63, 3.8) is 0 Å². The van der Waals surface area contributed by atoms with Crippen molar-refractivity contribution >= 4 is 27.3 Å². The summed E-state index contributed by atoms with van der Waals surface area (Å²) in [5.74, 6) is -1.04. The zero-order chi connectivity index (χ0) is 19.5. The van der Waals surface area contributed by atoms with E-state index in [1.807, 2.05) is 0 Å². The van der Waals surface area contributed by atoms with E-state index in [1.54, 1.807) is 7.05 Å². The van der Waals surface area contributed by atoms with E-state index < -0.39 is 27.0 Å². The zero-order valence-electron chi connectivity index (χ0n) is 13.7. The average molecular weight is 388 g/mol. The highest BCUT2D eigenvalue weighted by Crippen LogP contribution is 2.30. The molecule has 0 atom stereocenters. The van der Waals surface area contributed by atoms with Gasteiger partial charge in [0.05, 0.1) is 0 Å². The lowest BCUT2D eigenvalue weighted by atomic mass is 10.2. The van der Waals surface area contributed by atoms with E-state index in [-0.39, 0.29) is 11.6 Å². The lowest BCUT2D eigenvalue weighted by Crippen LogP contribution is -2.22. The van der Waals surface area contributed by atoms with Crippen molar-refractivity contribution in [1.82, 2.24) is 0 Å². The van der Waals surface area contributed by atoms with Crippen LogP contribution < -0.4 is 14.4 Å². The normalized spacial score (nSPS) is 11.7. The van der Waals surface area contributed by atoms with E-state index in [0.29, 0.717) is 5.69 Å². The molecule has 0 aliphatic rings. The summed E-state index contributed by atoms with van der Waals surface area (Å²) in [5, 5.41) is 0. The topological polar surface area (TPSA) is 75.7 Å². The van der Waals surface area contributed by atoms with Crippen LogP contribution >= 0.6 is 0 Å². The molecule has 0 bridgehead atoms. The SMILES string of the molecule is CC(=O)N(C)c1ccc(NS(=O)(=O)c2ccccc2OC(F)(F)F)cc1. The van der Waals surface area contributed by atoms with Crippen molar-refractivity contribution in [2.45, 2.75) is 18.2 Å². The molecule has 0 aromatic heterocycles. The molecule has 1 N–H and O–H groups in total. The van der Waals surface area contributed by atoms with Crippen LogP contribution in [0.5, 0.6) is 5.75 Å². The van der Waals surface area contributed by atoms with Gasteiger partial charge in [0.15, 0.2) is 0 Å². The van der Waals surface area contributed by atoms with Gasteiger partial charge in [-0.3, -0.25) is 9.52 Å². The van der Waals surface area contributed by atoms with Gasteiger partial charge in [-0.2, -0.15) is 0 Å². The number of hydrogen-bond acceptors (Lipinski definition) is 4. The number of para-hydroxylation sites is 1. The fourth-order valence-corrected chi connectivity index (χ4v) is 3.21. The van der Waals surface area contributed by atoms with Gasteiger partial charge in [-0.15, -0.1) is 13.2 Å². The van der Waals surface area contributed by atoms with Crippen LogP contribution in [0.15, 0.2) is 53.4 Å². The van der Waals surface area contributed by atoms with Crippen molar-refractivity contribution < 1.29 is 31.1 Å². The Morgan fingerprint density at radius 2 is 1.65 bits per heavy atom. The number of anilines is 2. The summed E-state index contributed by atoms with van der Waals surface area (Å²) in [5.41, 5.74) is 0.647. The molecule has 0 spiro atoms. The first-order chi connectivity index (χ1) is 12.0. The Labute approximate surface area is 148 Å². The summed E-state index contributed by atoms with van der Waals surface area (Å²) < 4.78 is 68.1. The molecule has 10 heteroatoms. The Balaban J connectivity index is 2.28. The number of nitrogens with zero attached hydrogens (tertiary/aromatic N) is 1. The molecule has 0 unspecified atom stereocenters. The van der Waals surface area contributed by atoms with Crippen LogP contribution in [0.3, 0.4) is 0 Å². The Morgan fingerprint density at radius 3 is 2.19 bits per heavy atom. The minimum absolute atomic E-state index is 0.118. The standard InChI is InChI=1S/C16H15F3N2O4S/c1-11(22)21(2)13-9-7-12(8-10-13)20-26(23,24)15-6-4-3-5-14(15)25-16(17,18)19/h3-10,20H,1-2H3. The lowest BCUT2D eigenvalue weighted by Gasteiger charge is -2.16. The highest BCUT2D eigenvalue weighted by Gasteiger charge is 2.34. The zero-order valence-corrected chi connectivity index (χ0v) is 14.6. The fourth-order valence-electron chi connectivity index (χ4n) is 2.03. The number of rotatable bonds is 5. The van der Waals surface area contributed by atoms with Crippen molar-refractivity contribution in [2.75, 3.05) is 16.7 Å². The molecule has 0 radical (unpaired) electrons. The molecular weight excluding hydrogens is 373 g/mol. The summed E-state index contributed by atoms with van der Waals surface area (Å²) in [6.45, 7) is 1.37. The second-order valence-corrected chi connectivity index (χ2v) is 6.88. The quantitative estimate of drug-likeness (QED) is 0.852. The number of ether oxygens (including phenoxy) is 1. The number of halogens is 3. The third-order valence-corrected chi connectivity index (χ3v) is 4.76. The predicted molar refractivity (Wildman–Crippen MR) is 89.5 cm³/mol. The minimum atomic E-state index is -5.02.